The lowest BCUT2D eigenvalue weighted by molar-refractivity contribution is 0.311. The Bertz CT molecular complexity index is 460. The van der Waals surface area contributed by atoms with Crippen molar-refractivity contribution in [2.75, 3.05) is 19.3 Å². The Morgan fingerprint density at radius 3 is 2.17 bits per heavy atom. The maximum Gasteiger partial charge on any atom is 0.214 e. The molecule has 0 amide bonds. The molecule has 0 aromatic heterocycles. The highest BCUT2D eigenvalue weighted by molar-refractivity contribution is 7.89. The third-order valence-electron chi connectivity index (χ3n) is 2.66. The van der Waals surface area contributed by atoms with E-state index in [0.717, 1.165) is 5.56 Å². The van der Waals surface area contributed by atoms with Gasteiger partial charge in [-0.1, -0.05) is 51.1 Å². The van der Waals surface area contributed by atoms with Gasteiger partial charge in [0.25, 0.3) is 0 Å². The number of sulfonamides is 1. The Balaban J connectivity index is 2.60. The fourth-order valence-electron chi connectivity index (χ4n) is 1.81. The number of aryl methyl sites for hydroxylation is 1. The van der Waals surface area contributed by atoms with Crippen molar-refractivity contribution in [1.29, 1.82) is 0 Å². The quantitative estimate of drug-likeness (QED) is 0.824. The van der Waals surface area contributed by atoms with Gasteiger partial charge >= 0.3 is 0 Å². The summed E-state index contributed by atoms with van der Waals surface area (Å²) in [5, 5.41) is 0. The highest BCUT2D eigenvalue weighted by atomic mass is 32.2. The molecule has 0 aliphatic rings. The molecule has 4 heteroatoms. The first-order chi connectivity index (χ1) is 8.21. The minimum atomic E-state index is -3.16. The van der Waals surface area contributed by atoms with Gasteiger partial charge in [-0.15, -0.1) is 0 Å². The van der Waals surface area contributed by atoms with Crippen LogP contribution in [0.4, 0.5) is 0 Å². The molecule has 18 heavy (non-hydrogen) atoms. The molecular weight excluding hydrogens is 246 g/mol. The summed E-state index contributed by atoms with van der Waals surface area (Å²) in [5.41, 5.74) is 1.04. The van der Waals surface area contributed by atoms with Crippen LogP contribution in [0, 0.1) is 5.41 Å². The molecule has 0 aliphatic carbocycles. The molecule has 0 radical (unpaired) electrons. The van der Waals surface area contributed by atoms with Crippen LogP contribution in [-0.2, 0) is 16.4 Å². The average molecular weight is 269 g/mol. The lowest BCUT2D eigenvalue weighted by atomic mass is 9.97. The van der Waals surface area contributed by atoms with Gasteiger partial charge in [-0.3, -0.25) is 0 Å². The van der Waals surface area contributed by atoms with E-state index in [0.29, 0.717) is 13.0 Å². The molecule has 0 aliphatic heterocycles. The normalized spacial score (nSPS) is 12.9. The molecule has 0 spiro atoms. The summed E-state index contributed by atoms with van der Waals surface area (Å²) < 4.78 is 25.7. The number of nitrogens with zero attached hydrogens (tertiary/aromatic N) is 1. The maximum atomic E-state index is 12.1. The summed E-state index contributed by atoms with van der Waals surface area (Å²) in [6, 6.07) is 9.71. The van der Waals surface area contributed by atoms with E-state index in [1.807, 2.05) is 51.1 Å². The molecule has 1 rings (SSSR count). The molecule has 0 fully saturated rings. The van der Waals surface area contributed by atoms with Crippen LogP contribution in [0.5, 0.6) is 0 Å². The number of benzene rings is 1. The Hall–Kier alpha value is -0.870. The van der Waals surface area contributed by atoms with Gasteiger partial charge in [0.2, 0.25) is 10.0 Å². The molecule has 0 atom stereocenters. The van der Waals surface area contributed by atoms with Crippen LogP contribution in [0.2, 0.25) is 0 Å². The second-order valence-corrected chi connectivity index (χ2v) is 8.06. The van der Waals surface area contributed by atoms with Crippen LogP contribution in [0.25, 0.3) is 0 Å². The summed E-state index contributed by atoms with van der Waals surface area (Å²) in [4.78, 5) is 0. The van der Waals surface area contributed by atoms with E-state index in [9.17, 15) is 8.42 Å². The summed E-state index contributed by atoms with van der Waals surface area (Å²) in [6.07, 6.45) is 0.567. The fourth-order valence-corrected chi connectivity index (χ4v) is 3.20. The minimum absolute atomic E-state index is 0.0193. The SMILES string of the molecule is CN(CC(C)(C)C)S(=O)(=O)CCc1ccccc1. The van der Waals surface area contributed by atoms with Crippen molar-refractivity contribution in [1.82, 2.24) is 4.31 Å². The van der Waals surface area contributed by atoms with Crippen LogP contribution in [-0.4, -0.2) is 32.1 Å². The largest absolute Gasteiger partial charge is 0.214 e. The monoisotopic (exact) mass is 269 g/mol. The predicted molar refractivity (Wildman–Crippen MR) is 76.0 cm³/mol. The van der Waals surface area contributed by atoms with Gasteiger partial charge in [0.15, 0.2) is 0 Å². The van der Waals surface area contributed by atoms with Gasteiger partial charge < -0.3 is 0 Å². The molecule has 0 saturated carbocycles. The highest BCUT2D eigenvalue weighted by Crippen LogP contribution is 2.16. The van der Waals surface area contributed by atoms with Gasteiger partial charge in [0.1, 0.15) is 0 Å². The Labute approximate surface area is 111 Å². The summed E-state index contributed by atoms with van der Waals surface area (Å²) in [5.74, 6) is 0.170. The average Bonchev–Trinajstić information content (AvgIpc) is 2.26. The smallest absolute Gasteiger partial charge is 0.212 e. The molecule has 0 saturated heterocycles. The van der Waals surface area contributed by atoms with Crippen LogP contribution < -0.4 is 0 Å². The van der Waals surface area contributed by atoms with Crippen LogP contribution >= 0.6 is 0 Å². The van der Waals surface area contributed by atoms with Crippen molar-refractivity contribution in [3.63, 3.8) is 0 Å². The van der Waals surface area contributed by atoms with Gasteiger partial charge in [-0.25, -0.2) is 12.7 Å². The van der Waals surface area contributed by atoms with Crippen LogP contribution in [0.3, 0.4) is 0 Å². The van der Waals surface area contributed by atoms with Crippen molar-refractivity contribution >= 4 is 10.0 Å². The molecule has 102 valence electrons. The van der Waals surface area contributed by atoms with Gasteiger partial charge in [0.05, 0.1) is 5.75 Å². The third kappa shape index (κ3) is 5.19. The van der Waals surface area contributed by atoms with Crippen LogP contribution in [0.15, 0.2) is 30.3 Å². The Morgan fingerprint density at radius 2 is 1.67 bits per heavy atom. The van der Waals surface area contributed by atoms with E-state index in [1.165, 1.54) is 4.31 Å². The molecule has 0 bridgehead atoms. The zero-order chi connectivity index (χ0) is 13.8. The molecule has 3 nitrogen and oxygen atoms in total. The highest BCUT2D eigenvalue weighted by Gasteiger charge is 2.23. The first-order valence-corrected chi connectivity index (χ1v) is 7.79. The van der Waals surface area contributed by atoms with E-state index >= 15 is 0 Å². The standard InChI is InChI=1S/C14H23NO2S/c1-14(2,3)12-15(4)18(16,17)11-10-13-8-6-5-7-9-13/h5-9H,10-12H2,1-4H3. The molecular formula is C14H23NO2S. The van der Waals surface area contributed by atoms with Crippen molar-refractivity contribution < 1.29 is 8.42 Å². The third-order valence-corrected chi connectivity index (χ3v) is 4.46. The number of hydrogen-bond donors (Lipinski definition) is 0. The Morgan fingerprint density at radius 1 is 1.11 bits per heavy atom. The molecule has 0 heterocycles. The van der Waals surface area contributed by atoms with Gasteiger partial charge in [-0.05, 0) is 17.4 Å². The Kier molecular flexibility index (Phi) is 4.93. The topological polar surface area (TPSA) is 37.4 Å². The minimum Gasteiger partial charge on any atom is -0.212 e. The second kappa shape index (κ2) is 5.85. The molecule has 1 aromatic carbocycles. The number of rotatable bonds is 5. The van der Waals surface area contributed by atoms with E-state index in [4.69, 9.17) is 0 Å². The first kappa shape index (κ1) is 15.2. The van der Waals surface area contributed by atoms with Crippen molar-refractivity contribution in [2.24, 2.45) is 5.41 Å². The second-order valence-electron chi connectivity index (χ2n) is 5.87. The van der Waals surface area contributed by atoms with E-state index in [2.05, 4.69) is 0 Å². The van der Waals surface area contributed by atoms with Crippen molar-refractivity contribution in [3.05, 3.63) is 35.9 Å². The predicted octanol–water partition coefficient (Wildman–Crippen LogP) is 2.54. The zero-order valence-electron chi connectivity index (χ0n) is 11.7. The zero-order valence-corrected chi connectivity index (χ0v) is 12.5. The molecule has 1 aromatic rings. The number of hydrogen-bond acceptors (Lipinski definition) is 2. The maximum absolute atomic E-state index is 12.1. The van der Waals surface area contributed by atoms with E-state index in [-0.39, 0.29) is 11.2 Å². The van der Waals surface area contributed by atoms with Gasteiger partial charge in [0, 0.05) is 13.6 Å². The van der Waals surface area contributed by atoms with Crippen LogP contribution in [0.1, 0.15) is 26.3 Å². The molecule has 0 unspecified atom stereocenters. The molecule has 0 N–H and O–H groups in total. The lowest BCUT2D eigenvalue weighted by Gasteiger charge is -2.26. The van der Waals surface area contributed by atoms with E-state index < -0.39 is 10.0 Å². The summed E-state index contributed by atoms with van der Waals surface area (Å²) in [6.45, 7) is 6.66. The lowest BCUT2D eigenvalue weighted by Crippen LogP contribution is -2.36. The summed E-state index contributed by atoms with van der Waals surface area (Å²) >= 11 is 0. The van der Waals surface area contributed by atoms with E-state index in [1.54, 1.807) is 7.05 Å². The van der Waals surface area contributed by atoms with Crippen molar-refractivity contribution in [3.8, 4) is 0 Å². The summed E-state index contributed by atoms with van der Waals surface area (Å²) in [7, 11) is -1.50. The first-order valence-electron chi connectivity index (χ1n) is 6.19. The fraction of sp³-hybridized carbons (Fsp3) is 0.571. The van der Waals surface area contributed by atoms with Crippen molar-refractivity contribution in [2.45, 2.75) is 27.2 Å². The van der Waals surface area contributed by atoms with Gasteiger partial charge in [-0.2, -0.15) is 0 Å².